The lowest BCUT2D eigenvalue weighted by Crippen LogP contribution is -2.70. The summed E-state index contributed by atoms with van der Waals surface area (Å²) in [5, 5.41) is 0. The molecule has 0 aromatic rings. The van der Waals surface area contributed by atoms with Gasteiger partial charge in [0, 0.05) is 56.8 Å². The zero-order valence-electron chi connectivity index (χ0n) is 22.8. The van der Waals surface area contributed by atoms with E-state index in [1.54, 1.807) is 0 Å². The van der Waals surface area contributed by atoms with Crippen molar-refractivity contribution < 1.29 is 42.9 Å². The fraction of sp³-hybridized carbons (Fsp3) is 0.750. The Bertz CT molecular complexity index is 1060. The quantitative estimate of drug-likeness (QED) is 0.313. The van der Waals surface area contributed by atoms with Crippen molar-refractivity contribution in [2.45, 2.75) is 98.6 Å². The molecule has 1 spiro atoms. The van der Waals surface area contributed by atoms with Crippen LogP contribution in [0.2, 0.25) is 0 Å². The summed E-state index contributed by atoms with van der Waals surface area (Å²) in [6.07, 6.45) is -1.45. The number of ketones is 1. The van der Waals surface area contributed by atoms with E-state index in [2.05, 4.69) is 6.58 Å². The van der Waals surface area contributed by atoms with Gasteiger partial charge < -0.3 is 18.9 Å². The van der Waals surface area contributed by atoms with E-state index in [0.717, 1.165) is 5.57 Å². The van der Waals surface area contributed by atoms with Crippen molar-refractivity contribution in [2.24, 2.45) is 34.0 Å². The minimum atomic E-state index is -0.901. The highest BCUT2D eigenvalue weighted by atomic mass is 16.6. The molecule has 9 heteroatoms. The molecule has 0 aromatic carbocycles. The van der Waals surface area contributed by atoms with Crippen LogP contribution in [0.3, 0.4) is 0 Å². The van der Waals surface area contributed by atoms with Crippen LogP contribution in [-0.4, -0.2) is 54.1 Å². The van der Waals surface area contributed by atoms with E-state index in [1.807, 2.05) is 20.8 Å². The molecule has 9 atom stereocenters. The number of fused-ring (bicyclic) bond motifs is 3. The second-order valence-electron chi connectivity index (χ2n) is 12.3. The maximum absolute atomic E-state index is 14.2. The second-order valence-corrected chi connectivity index (χ2v) is 12.3. The Morgan fingerprint density at radius 1 is 0.811 bits per heavy atom. The predicted molar refractivity (Wildman–Crippen MR) is 130 cm³/mol. The molecule has 0 aliphatic heterocycles. The minimum absolute atomic E-state index is 0.0312. The first-order chi connectivity index (χ1) is 17.0. The summed E-state index contributed by atoms with van der Waals surface area (Å²) in [6.45, 7) is 15.2. The van der Waals surface area contributed by atoms with Crippen LogP contribution >= 0.6 is 0 Å². The average Bonchev–Trinajstić information content (AvgIpc) is 2.89. The van der Waals surface area contributed by atoms with Crippen LogP contribution in [0.4, 0.5) is 0 Å². The molecule has 0 radical (unpaired) electrons. The first-order valence-corrected chi connectivity index (χ1v) is 12.9. The number of carbonyl (C=O) groups excluding carboxylic acids is 5. The number of ether oxygens (including phenoxy) is 4. The van der Waals surface area contributed by atoms with Gasteiger partial charge in [0.25, 0.3) is 0 Å². The molecule has 0 N–H and O–H groups in total. The second kappa shape index (κ2) is 8.95. The van der Waals surface area contributed by atoms with Crippen LogP contribution in [0, 0.1) is 34.0 Å². The van der Waals surface area contributed by atoms with Crippen molar-refractivity contribution in [3.05, 3.63) is 12.2 Å². The first-order valence-electron chi connectivity index (χ1n) is 12.9. The van der Waals surface area contributed by atoms with Crippen molar-refractivity contribution in [1.29, 1.82) is 0 Å². The molecule has 204 valence electrons. The van der Waals surface area contributed by atoms with E-state index in [1.165, 1.54) is 27.7 Å². The highest BCUT2D eigenvalue weighted by Crippen LogP contribution is 2.72. The minimum Gasteiger partial charge on any atom is -0.462 e. The predicted octanol–water partition coefficient (Wildman–Crippen LogP) is 3.32. The normalized spacial score (nSPS) is 41.6. The molecule has 4 rings (SSSR count). The molecule has 0 aromatic heterocycles. The third-order valence-electron chi connectivity index (χ3n) is 9.38. The fourth-order valence-electron chi connectivity index (χ4n) is 9.03. The van der Waals surface area contributed by atoms with E-state index in [-0.39, 0.29) is 30.5 Å². The van der Waals surface area contributed by atoms with Crippen molar-refractivity contribution in [3.63, 3.8) is 0 Å². The summed E-state index contributed by atoms with van der Waals surface area (Å²) in [6, 6.07) is 0. The lowest BCUT2D eigenvalue weighted by Gasteiger charge is -2.66. The first kappa shape index (κ1) is 27.3. The zero-order valence-corrected chi connectivity index (χ0v) is 22.8. The Kier molecular flexibility index (Phi) is 6.61. The molecule has 0 heterocycles. The van der Waals surface area contributed by atoms with Gasteiger partial charge in [0.15, 0.2) is 0 Å². The van der Waals surface area contributed by atoms with E-state index in [9.17, 15) is 24.0 Å². The van der Waals surface area contributed by atoms with Gasteiger partial charge >= 0.3 is 23.9 Å². The molecule has 9 nitrogen and oxygen atoms in total. The van der Waals surface area contributed by atoms with Crippen LogP contribution in [0.15, 0.2) is 12.2 Å². The number of hydrogen-bond acceptors (Lipinski definition) is 9. The summed E-state index contributed by atoms with van der Waals surface area (Å²) >= 11 is 0. The van der Waals surface area contributed by atoms with E-state index >= 15 is 0 Å². The molecule has 2 bridgehead atoms. The molecule has 37 heavy (non-hydrogen) atoms. The fourth-order valence-corrected chi connectivity index (χ4v) is 9.03. The third-order valence-corrected chi connectivity index (χ3v) is 9.38. The molecule has 4 saturated carbocycles. The Balaban J connectivity index is 1.91. The van der Waals surface area contributed by atoms with E-state index < -0.39 is 70.5 Å². The molecular weight excluding hydrogens is 480 g/mol. The van der Waals surface area contributed by atoms with Gasteiger partial charge in [0.05, 0.1) is 0 Å². The zero-order chi connectivity index (χ0) is 27.7. The summed E-state index contributed by atoms with van der Waals surface area (Å²) in [5.41, 5.74) is -1.79. The highest BCUT2D eigenvalue weighted by molar-refractivity contribution is 5.86. The van der Waals surface area contributed by atoms with Crippen molar-refractivity contribution >= 4 is 29.7 Å². The Labute approximate surface area is 217 Å². The molecule has 4 aliphatic rings. The van der Waals surface area contributed by atoms with Crippen molar-refractivity contribution in [2.75, 3.05) is 0 Å². The van der Waals surface area contributed by atoms with Gasteiger partial charge in [-0.3, -0.25) is 24.0 Å². The molecule has 4 fully saturated rings. The maximum Gasteiger partial charge on any atom is 0.303 e. The monoisotopic (exact) mass is 518 g/mol. The molecule has 9 unspecified atom stereocenters. The number of hydrogen-bond donors (Lipinski definition) is 0. The van der Waals surface area contributed by atoms with Crippen LogP contribution in [0.1, 0.15) is 74.1 Å². The lowest BCUT2D eigenvalue weighted by atomic mass is 9.39. The van der Waals surface area contributed by atoms with E-state index in [0.29, 0.717) is 12.8 Å². The van der Waals surface area contributed by atoms with Crippen molar-refractivity contribution in [1.82, 2.24) is 0 Å². The topological polar surface area (TPSA) is 122 Å². The van der Waals surface area contributed by atoms with Gasteiger partial charge in [-0.2, -0.15) is 0 Å². The Hall–Kier alpha value is -2.71. The maximum atomic E-state index is 14.2. The largest absolute Gasteiger partial charge is 0.462 e. The molecular formula is C28H38O9. The number of Topliss-reactive ketones (excluding diaryl/α,β-unsaturated/α-hetero) is 1. The van der Waals surface area contributed by atoms with Gasteiger partial charge in [0.1, 0.15) is 30.2 Å². The van der Waals surface area contributed by atoms with Gasteiger partial charge in [-0.25, -0.2) is 0 Å². The van der Waals surface area contributed by atoms with Crippen molar-refractivity contribution in [3.8, 4) is 0 Å². The lowest BCUT2D eigenvalue weighted by molar-refractivity contribution is -0.249. The van der Waals surface area contributed by atoms with Gasteiger partial charge in [0.2, 0.25) is 0 Å². The van der Waals surface area contributed by atoms with Crippen LogP contribution in [-0.2, 0) is 42.9 Å². The van der Waals surface area contributed by atoms with Gasteiger partial charge in [-0.1, -0.05) is 27.4 Å². The molecule has 0 amide bonds. The van der Waals surface area contributed by atoms with Crippen LogP contribution in [0.25, 0.3) is 0 Å². The summed E-state index contributed by atoms with van der Waals surface area (Å²) in [4.78, 5) is 62.9. The van der Waals surface area contributed by atoms with Crippen LogP contribution < -0.4 is 0 Å². The molecule has 4 aliphatic carbocycles. The average molecular weight is 519 g/mol. The van der Waals surface area contributed by atoms with E-state index in [4.69, 9.17) is 18.9 Å². The van der Waals surface area contributed by atoms with Crippen LogP contribution in [0.5, 0.6) is 0 Å². The number of rotatable bonds is 4. The number of esters is 4. The smallest absolute Gasteiger partial charge is 0.303 e. The third kappa shape index (κ3) is 4.18. The summed E-state index contributed by atoms with van der Waals surface area (Å²) in [5.74, 6) is -3.02. The highest BCUT2D eigenvalue weighted by Gasteiger charge is 2.75. The Morgan fingerprint density at radius 2 is 1.35 bits per heavy atom. The SMILES string of the molecule is C=C1C2CC(OC(C)=O)C3C4(C)CC(OC(C)=O)C(OC(C)=O)C(C)(C)C4C(=O)CC3(C2)C1OC(C)=O. The number of carbonyl (C=O) groups is 5. The molecule has 0 saturated heterocycles. The summed E-state index contributed by atoms with van der Waals surface area (Å²) < 4.78 is 23.2. The summed E-state index contributed by atoms with van der Waals surface area (Å²) in [7, 11) is 0. The van der Waals surface area contributed by atoms with Gasteiger partial charge in [-0.15, -0.1) is 0 Å². The standard InChI is InChI=1S/C28H38O9/c1-13-18-9-20(34-14(2)29)23-27(8)12-21(35-15(3)30)25(37-17(5)32)26(6,7)22(27)19(33)11-28(23,10-18)24(13)36-16(4)31/h18,20-25H,1,9-12H2,2-8H3. The Morgan fingerprint density at radius 3 is 1.89 bits per heavy atom. The van der Waals surface area contributed by atoms with Gasteiger partial charge in [-0.05, 0) is 36.2 Å².